The van der Waals surface area contributed by atoms with E-state index in [0.717, 1.165) is 21.6 Å². The van der Waals surface area contributed by atoms with Gasteiger partial charge in [0.1, 0.15) is 23.1 Å². The van der Waals surface area contributed by atoms with Crippen LogP contribution in [0.15, 0.2) is 29.2 Å². The van der Waals surface area contributed by atoms with Gasteiger partial charge < -0.3 is 14.2 Å². The van der Waals surface area contributed by atoms with Crippen LogP contribution in [0.5, 0.6) is 5.75 Å². The Labute approximate surface area is 168 Å². The van der Waals surface area contributed by atoms with E-state index in [1.807, 2.05) is 0 Å². The lowest BCUT2D eigenvalue weighted by Crippen LogP contribution is -2.34. The van der Waals surface area contributed by atoms with E-state index >= 15 is 0 Å². The molecule has 2 heterocycles. The highest BCUT2D eigenvalue weighted by molar-refractivity contribution is 5.97. The van der Waals surface area contributed by atoms with Gasteiger partial charge in [0.25, 0.3) is 5.56 Å². The highest BCUT2D eigenvalue weighted by atomic mass is 19.4. The first kappa shape index (κ1) is 21.8. The summed E-state index contributed by atoms with van der Waals surface area (Å²) < 4.78 is 72.1. The molecule has 0 spiro atoms. The maximum Gasteiger partial charge on any atom is 0.390 e. The second-order valence-corrected chi connectivity index (χ2v) is 7.12. The van der Waals surface area contributed by atoms with E-state index in [1.165, 1.54) is 19.4 Å². The number of anilines is 1. The fourth-order valence-corrected chi connectivity index (χ4v) is 3.59. The Morgan fingerprint density at radius 3 is 2.37 bits per heavy atom. The molecule has 1 saturated heterocycles. The summed E-state index contributed by atoms with van der Waals surface area (Å²) >= 11 is 0. The van der Waals surface area contributed by atoms with Crippen LogP contribution in [-0.2, 0) is 11.3 Å². The van der Waals surface area contributed by atoms with E-state index in [1.54, 1.807) is 6.92 Å². The predicted octanol–water partition coefficient (Wildman–Crippen LogP) is 3.92. The Kier molecular flexibility index (Phi) is 5.87. The molecule has 0 aliphatic carbocycles. The third-order valence-electron chi connectivity index (χ3n) is 5.07. The van der Waals surface area contributed by atoms with Crippen molar-refractivity contribution < 1.29 is 31.5 Å². The number of rotatable bonds is 5. The molecule has 10 heteroatoms. The number of benzene rings is 1. The SMILES string of the molecule is COc1cc(F)c(C2CC(=O)N(c3c(C)ccn(CCC(F)(F)F)c3=O)C2)c(F)c1. The zero-order valence-electron chi connectivity index (χ0n) is 16.2. The number of amides is 1. The first-order chi connectivity index (χ1) is 14.0. The third kappa shape index (κ3) is 4.31. The highest BCUT2D eigenvalue weighted by Gasteiger charge is 2.37. The lowest BCUT2D eigenvalue weighted by atomic mass is 9.97. The molecule has 1 amide bonds. The van der Waals surface area contributed by atoms with Gasteiger partial charge in [-0.2, -0.15) is 13.2 Å². The molecule has 1 unspecified atom stereocenters. The number of alkyl halides is 3. The summed E-state index contributed by atoms with van der Waals surface area (Å²) in [6.45, 7) is 0.779. The molecule has 0 N–H and O–H groups in total. The number of pyridine rings is 1. The topological polar surface area (TPSA) is 51.5 Å². The minimum absolute atomic E-state index is 0.0126. The summed E-state index contributed by atoms with van der Waals surface area (Å²) in [5.41, 5.74) is -0.754. The van der Waals surface area contributed by atoms with Gasteiger partial charge in [0.2, 0.25) is 5.91 Å². The third-order valence-corrected chi connectivity index (χ3v) is 5.07. The van der Waals surface area contributed by atoms with E-state index in [0.29, 0.717) is 5.56 Å². The molecular weight excluding hydrogens is 411 g/mol. The molecule has 3 rings (SSSR count). The second kappa shape index (κ2) is 8.08. The van der Waals surface area contributed by atoms with E-state index in [4.69, 9.17) is 4.74 Å². The van der Waals surface area contributed by atoms with Crippen molar-refractivity contribution in [3.63, 3.8) is 0 Å². The van der Waals surface area contributed by atoms with Crippen LogP contribution in [0.4, 0.5) is 27.6 Å². The lowest BCUT2D eigenvalue weighted by molar-refractivity contribution is -0.136. The number of carbonyl (C=O) groups excluding carboxylic acids is 1. The van der Waals surface area contributed by atoms with E-state index in [-0.39, 0.29) is 30.0 Å². The van der Waals surface area contributed by atoms with Gasteiger partial charge in [0.05, 0.1) is 13.5 Å². The molecule has 0 bridgehead atoms. The Balaban J connectivity index is 1.93. The minimum Gasteiger partial charge on any atom is -0.497 e. The summed E-state index contributed by atoms with van der Waals surface area (Å²) in [4.78, 5) is 26.4. The lowest BCUT2D eigenvalue weighted by Gasteiger charge is -2.20. The number of methoxy groups -OCH3 is 1. The number of ether oxygens (including phenoxy) is 1. The molecule has 30 heavy (non-hydrogen) atoms. The summed E-state index contributed by atoms with van der Waals surface area (Å²) in [6.07, 6.45) is -4.65. The van der Waals surface area contributed by atoms with E-state index in [2.05, 4.69) is 0 Å². The van der Waals surface area contributed by atoms with Gasteiger partial charge >= 0.3 is 6.18 Å². The number of hydrogen-bond donors (Lipinski definition) is 0. The van der Waals surface area contributed by atoms with Crippen molar-refractivity contribution >= 4 is 11.6 Å². The van der Waals surface area contributed by atoms with Crippen LogP contribution in [0, 0.1) is 18.6 Å². The van der Waals surface area contributed by atoms with Gasteiger partial charge in [-0.05, 0) is 18.6 Å². The molecule has 1 aliphatic rings. The number of carbonyl (C=O) groups is 1. The van der Waals surface area contributed by atoms with Crippen molar-refractivity contribution in [3.8, 4) is 5.75 Å². The average Bonchev–Trinajstić information content (AvgIpc) is 3.00. The second-order valence-electron chi connectivity index (χ2n) is 7.12. The van der Waals surface area contributed by atoms with Crippen LogP contribution in [0.25, 0.3) is 0 Å². The van der Waals surface area contributed by atoms with Crippen LogP contribution in [0.3, 0.4) is 0 Å². The van der Waals surface area contributed by atoms with E-state index < -0.39 is 48.2 Å². The average molecular weight is 430 g/mol. The highest BCUT2D eigenvalue weighted by Crippen LogP contribution is 2.36. The molecule has 1 aromatic heterocycles. The summed E-state index contributed by atoms with van der Waals surface area (Å²) in [5, 5.41) is 0. The van der Waals surface area contributed by atoms with Crippen molar-refractivity contribution in [2.75, 3.05) is 18.6 Å². The molecule has 1 fully saturated rings. The molecule has 2 aromatic rings. The summed E-state index contributed by atoms with van der Waals surface area (Å²) in [5.74, 6) is -3.16. The van der Waals surface area contributed by atoms with Crippen molar-refractivity contribution in [1.29, 1.82) is 0 Å². The van der Waals surface area contributed by atoms with Crippen molar-refractivity contribution in [3.05, 3.63) is 57.5 Å². The minimum atomic E-state index is -4.44. The van der Waals surface area contributed by atoms with Crippen molar-refractivity contribution in [2.24, 2.45) is 0 Å². The maximum absolute atomic E-state index is 14.4. The van der Waals surface area contributed by atoms with Crippen LogP contribution in [-0.4, -0.2) is 30.3 Å². The molecule has 1 aromatic carbocycles. The number of aryl methyl sites for hydroxylation is 2. The quantitative estimate of drug-likeness (QED) is 0.676. The molecule has 162 valence electrons. The number of nitrogens with zero attached hydrogens (tertiary/aromatic N) is 2. The summed E-state index contributed by atoms with van der Waals surface area (Å²) in [7, 11) is 1.26. The van der Waals surface area contributed by atoms with Crippen LogP contribution >= 0.6 is 0 Å². The first-order valence-electron chi connectivity index (χ1n) is 9.12. The van der Waals surface area contributed by atoms with Gasteiger partial charge in [-0.25, -0.2) is 8.78 Å². The summed E-state index contributed by atoms with van der Waals surface area (Å²) in [6, 6.07) is 3.44. The van der Waals surface area contributed by atoms with Gasteiger partial charge in [-0.1, -0.05) is 0 Å². The van der Waals surface area contributed by atoms with E-state index in [9.17, 15) is 31.5 Å². The Hall–Kier alpha value is -2.91. The Morgan fingerprint density at radius 2 is 1.80 bits per heavy atom. The van der Waals surface area contributed by atoms with Gasteiger partial charge in [0, 0.05) is 49.3 Å². The molecular formula is C20H19F5N2O3. The zero-order chi connectivity index (χ0) is 22.2. The first-order valence-corrected chi connectivity index (χ1v) is 9.12. The van der Waals surface area contributed by atoms with Crippen LogP contribution in [0.2, 0.25) is 0 Å². The molecule has 1 aliphatic heterocycles. The number of aromatic nitrogens is 1. The smallest absolute Gasteiger partial charge is 0.390 e. The van der Waals surface area contributed by atoms with Gasteiger partial charge in [0.15, 0.2) is 0 Å². The Bertz CT molecular complexity index is 1010. The fourth-order valence-electron chi connectivity index (χ4n) is 3.59. The Morgan fingerprint density at radius 1 is 1.17 bits per heavy atom. The van der Waals surface area contributed by atoms with Crippen LogP contribution in [0.1, 0.15) is 29.9 Å². The number of hydrogen-bond acceptors (Lipinski definition) is 3. The predicted molar refractivity (Wildman–Crippen MR) is 98.7 cm³/mol. The van der Waals surface area contributed by atoms with Crippen molar-refractivity contribution in [2.45, 2.75) is 38.4 Å². The standard InChI is InChI=1S/C20H19F5N2O3/c1-11-3-5-26(6-4-20(23,24)25)19(29)18(11)27-10-12(7-16(27)28)17-14(21)8-13(30-2)9-15(17)22/h3,5,8-9,12H,4,6-7,10H2,1-2H3. The molecule has 1 atom stereocenters. The van der Waals surface area contributed by atoms with Gasteiger partial charge in [-0.3, -0.25) is 9.59 Å². The normalized spacial score (nSPS) is 17.0. The molecule has 0 saturated carbocycles. The van der Waals surface area contributed by atoms with Gasteiger partial charge in [-0.15, -0.1) is 0 Å². The number of halogens is 5. The monoisotopic (exact) mass is 430 g/mol. The molecule has 0 radical (unpaired) electrons. The molecule has 5 nitrogen and oxygen atoms in total. The van der Waals surface area contributed by atoms with Crippen molar-refractivity contribution in [1.82, 2.24) is 4.57 Å². The zero-order valence-corrected chi connectivity index (χ0v) is 16.2. The fraction of sp³-hybridized carbons (Fsp3) is 0.400. The van der Waals surface area contributed by atoms with Crippen LogP contribution < -0.4 is 15.2 Å². The maximum atomic E-state index is 14.4. The largest absolute Gasteiger partial charge is 0.497 e.